The molecule has 0 bridgehead atoms. The van der Waals surface area contributed by atoms with Crippen molar-refractivity contribution in [2.45, 2.75) is 25.4 Å². The SMILES string of the molecule is CC(O)(Cc1cccc(F)c1)Cc1ccc(F)c(Br)c1. The van der Waals surface area contributed by atoms with Gasteiger partial charge in [0, 0.05) is 12.8 Å². The Morgan fingerprint density at radius 1 is 1.05 bits per heavy atom. The molecule has 1 nitrogen and oxygen atoms in total. The van der Waals surface area contributed by atoms with E-state index in [1.54, 1.807) is 31.2 Å². The van der Waals surface area contributed by atoms with Crippen LogP contribution in [0.1, 0.15) is 18.1 Å². The first-order valence-corrected chi connectivity index (χ1v) is 7.06. The molecule has 0 amide bonds. The van der Waals surface area contributed by atoms with E-state index in [0.29, 0.717) is 17.3 Å². The van der Waals surface area contributed by atoms with E-state index in [9.17, 15) is 13.9 Å². The summed E-state index contributed by atoms with van der Waals surface area (Å²) in [5.41, 5.74) is 0.529. The van der Waals surface area contributed by atoms with E-state index in [-0.39, 0.29) is 11.6 Å². The summed E-state index contributed by atoms with van der Waals surface area (Å²) in [4.78, 5) is 0. The molecule has 0 heterocycles. The summed E-state index contributed by atoms with van der Waals surface area (Å²) in [5.74, 6) is -0.652. The number of aliphatic hydroxyl groups is 1. The molecule has 2 rings (SSSR count). The van der Waals surface area contributed by atoms with Gasteiger partial charge in [0.2, 0.25) is 0 Å². The van der Waals surface area contributed by atoms with Crippen LogP contribution in [0.25, 0.3) is 0 Å². The van der Waals surface area contributed by atoms with E-state index in [1.165, 1.54) is 18.2 Å². The minimum atomic E-state index is -1.02. The van der Waals surface area contributed by atoms with Gasteiger partial charge in [0.15, 0.2) is 0 Å². The third-order valence-electron chi connectivity index (χ3n) is 3.04. The van der Waals surface area contributed by atoms with Crippen molar-refractivity contribution >= 4 is 15.9 Å². The minimum Gasteiger partial charge on any atom is -0.389 e. The van der Waals surface area contributed by atoms with Crippen LogP contribution in [-0.2, 0) is 12.8 Å². The molecule has 1 N–H and O–H groups in total. The normalized spacial score (nSPS) is 14.1. The highest BCUT2D eigenvalue weighted by atomic mass is 79.9. The number of halogens is 3. The van der Waals surface area contributed by atoms with Gasteiger partial charge in [-0.25, -0.2) is 8.78 Å². The zero-order valence-electron chi connectivity index (χ0n) is 11.0. The monoisotopic (exact) mass is 340 g/mol. The van der Waals surface area contributed by atoms with Gasteiger partial charge in [0.25, 0.3) is 0 Å². The molecule has 0 aromatic heterocycles. The second-order valence-electron chi connectivity index (χ2n) is 5.23. The highest BCUT2D eigenvalue weighted by molar-refractivity contribution is 9.10. The Hall–Kier alpha value is -1.26. The van der Waals surface area contributed by atoms with Crippen molar-refractivity contribution in [3.8, 4) is 0 Å². The lowest BCUT2D eigenvalue weighted by Crippen LogP contribution is -2.30. The minimum absolute atomic E-state index is 0.317. The van der Waals surface area contributed by atoms with Gasteiger partial charge in [-0.05, 0) is 58.2 Å². The van der Waals surface area contributed by atoms with Crippen molar-refractivity contribution in [1.82, 2.24) is 0 Å². The van der Waals surface area contributed by atoms with E-state index in [2.05, 4.69) is 15.9 Å². The number of benzene rings is 2. The molecule has 0 radical (unpaired) electrons. The summed E-state index contributed by atoms with van der Waals surface area (Å²) in [5, 5.41) is 10.4. The van der Waals surface area contributed by atoms with Crippen LogP contribution in [0.2, 0.25) is 0 Å². The molecule has 0 aliphatic heterocycles. The van der Waals surface area contributed by atoms with Gasteiger partial charge < -0.3 is 5.11 Å². The van der Waals surface area contributed by atoms with Crippen molar-refractivity contribution in [3.63, 3.8) is 0 Å². The topological polar surface area (TPSA) is 20.2 Å². The summed E-state index contributed by atoms with van der Waals surface area (Å²) in [7, 11) is 0. The molecule has 1 unspecified atom stereocenters. The molecule has 0 saturated carbocycles. The first-order chi connectivity index (χ1) is 9.35. The van der Waals surface area contributed by atoms with Crippen LogP contribution in [-0.4, -0.2) is 10.7 Å². The summed E-state index contributed by atoms with van der Waals surface area (Å²) >= 11 is 3.12. The molecular weight excluding hydrogens is 326 g/mol. The molecule has 106 valence electrons. The predicted molar refractivity (Wildman–Crippen MR) is 78.5 cm³/mol. The highest BCUT2D eigenvalue weighted by Gasteiger charge is 2.22. The molecule has 0 aliphatic carbocycles. The van der Waals surface area contributed by atoms with Crippen molar-refractivity contribution in [1.29, 1.82) is 0 Å². The quantitative estimate of drug-likeness (QED) is 0.881. The van der Waals surface area contributed by atoms with Crippen LogP contribution in [0.3, 0.4) is 0 Å². The van der Waals surface area contributed by atoms with Crippen LogP contribution in [0, 0.1) is 11.6 Å². The fourth-order valence-electron chi connectivity index (χ4n) is 2.24. The maximum absolute atomic E-state index is 13.2. The van der Waals surface area contributed by atoms with E-state index < -0.39 is 5.60 Å². The molecule has 0 saturated heterocycles. The number of rotatable bonds is 4. The predicted octanol–water partition coefficient (Wildman–Crippen LogP) is 4.26. The van der Waals surface area contributed by atoms with Crippen LogP contribution in [0.4, 0.5) is 8.78 Å². The third-order valence-corrected chi connectivity index (χ3v) is 3.65. The van der Waals surface area contributed by atoms with Crippen LogP contribution < -0.4 is 0 Å². The molecule has 0 spiro atoms. The maximum Gasteiger partial charge on any atom is 0.137 e. The van der Waals surface area contributed by atoms with Gasteiger partial charge in [0.05, 0.1) is 10.1 Å². The van der Waals surface area contributed by atoms with E-state index in [4.69, 9.17) is 0 Å². The van der Waals surface area contributed by atoms with Crippen molar-refractivity contribution in [2.24, 2.45) is 0 Å². The van der Waals surface area contributed by atoms with Gasteiger partial charge in [-0.3, -0.25) is 0 Å². The molecule has 0 aliphatic rings. The summed E-state index contributed by atoms with van der Waals surface area (Å²) < 4.78 is 26.7. The van der Waals surface area contributed by atoms with Gasteiger partial charge in [-0.1, -0.05) is 18.2 Å². The highest BCUT2D eigenvalue weighted by Crippen LogP contribution is 2.23. The first-order valence-electron chi connectivity index (χ1n) is 6.26. The van der Waals surface area contributed by atoms with Crippen LogP contribution in [0.15, 0.2) is 46.9 Å². The Balaban J connectivity index is 2.12. The second kappa shape index (κ2) is 6.02. The lowest BCUT2D eigenvalue weighted by Gasteiger charge is -2.23. The van der Waals surface area contributed by atoms with Gasteiger partial charge >= 0.3 is 0 Å². The van der Waals surface area contributed by atoms with Crippen LogP contribution >= 0.6 is 15.9 Å². The van der Waals surface area contributed by atoms with Crippen molar-refractivity contribution in [2.75, 3.05) is 0 Å². The fraction of sp³-hybridized carbons (Fsp3) is 0.250. The van der Waals surface area contributed by atoms with Crippen molar-refractivity contribution in [3.05, 3.63) is 69.7 Å². The largest absolute Gasteiger partial charge is 0.389 e. The Morgan fingerprint density at radius 2 is 1.70 bits per heavy atom. The lowest BCUT2D eigenvalue weighted by molar-refractivity contribution is 0.0607. The number of hydrogen-bond acceptors (Lipinski definition) is 1. The lowest BCUT2D eigenvalue weighted by atomic mass is 9.90. The molecule has 2 aromatic rings. The fourth-order valence-corrected chi connectivity index (χ4v) is 2.66. The van der Waals surface area contributed by atoms with E-state index in [0.717, 1.165) is 11.1 Å². The molecule has 20 heavy (non-hydrogen) atoms. The average molecular weight is 341 g/mol. The van der Waals surface area contributed by atoms with E-state index in [1.807, 2.05) is 0 Å². The zero-order valence-corrected chi connectivity index (χ0v) is 12.6. The molecule has 2 aromatic carbocycles. The van der Waals surface area contributed by atoms with Crippen molar-refractivity contribution < 1.29 is 13.9 Å². The van der Waals surface area contributed by atoms with Gasteiger partial charge in [-0.2, -0.15) is 0 Å². The van der Waals surface area contributed by atoms with Gasteiger partial charge in [-0.15, -0.1) is 0 Å². The molecule has 0 fully saturated rings. The smallest absolute Gasteiger partial charge is 0.137 e. The molecule has 4 heteroatoms. The zero-order chi connectivity index (χ0) is 14.8. The van der Waals surface area contributed by atoms with Gasteiger partial charge in [0.1, 0.15) is 11.6 Å². The maximum atomic E-state index is 13.2. The Kier molecular flexibility index (Phi) is 4.55. The molecule has 1 atom stereocenters. The second-order valence-corrected chi connectivity index (χ2v) is 6.08. The Morgan fingerprint density at radius 3 is 2.30 bits per heavy atom. The standard InChI is InChI=1S/C16H15BrF2O/c1-16(20,9-11-3-2-4-13(18)7-11)10-12-5-6-15(19)14(17)8-12/h2-8,20H,9-10H2,1H3. The van der Waals surface area contributed by atoms with Crippen LogP contribution in [0.5, 0.6) is 0 Å². The summed E-state index contributed by atoms with van der Waals surface area (Å²) in [6, 6.07) is 10.8. The van der Waals surface area contributed by atoms with E-state index >= 15 is 0 Å². The Labute approximate surface area is 125 Å². The summed E-state index contributed by atoms with van der Waals surface area (Å²) in [6.45, 7) is 1.69. The Bertz CT molecular complexity index is 611. The molecular formula is C16H15BrF2O. The summed E-state index contributed by atoms with van der Waals surface area (Å²) in [6.07, 6.45) is 0.697. The third kappa shape index (κ3) is 4.12. The number of hydrogen-bond donors (Lipinski definition) is 1. The first kappa shape index (κ1) is 15.1. The average Bonchev–Trinajstić information content (AvgIpc) is 2.33.